The van der Waals surface area contributed by atoms with Crippen molar-refractivity contribution >= 4 is 22.9 Å². The van der Waals surface area contributed by atoms with Gasteiger partial charge in [-0.1, -0.05) is 36.4 Å². The smallest absolute Gasteiger partial charge is 0.328 e. The molecule has 3 nitrogen and oxygen atoms in total. The number of hydrogen-bond acceptors (Lipinski definition) is 1. The van der Waals surface area contributed by atoms with E-state index in [2.05, 4.69) is 29.2 Å². The number of aromatic amines is 1. The van der Waals surface area contributed by atoms with Gasteiger partial charge in [0.1, 0.15) is 0 Å². The molecule has 0 aliphatic heterocycles. The number of aliphatic carboxylic acids is 1. The number of carboxylic acids is 1. The summed E-state index contributed by atoms with van der Waals surface area (Å²) in [5.74, 6) is -0.932. The predicted molar refractivity (Wildman–Crippen MR) is 88.8 cm³/mol. The maximum atomic E-state index is 10.6. The molecule has 3 aromatic rings. The second kappa shape index (κ2) is 6.31. The first-order chi connectivity index (χ1) is 10.7. The first kappa shape index (κ1) is 14.1. The van der Waals surface area contributed by atoms with Crippen LogP contribution in [-0.4, -0.2) is 16.1 Å². The van der Waals surface area contributed by atoms with Crippen molar-refractivity contribution in [3.8, 4) is 0 Å². The summed E-state index contributed by atoms with van der Waals surface area (Å²) in [5, 5.41) is 9.88. The number of aryl methyl sites for hydroxylation is 2. The molecule has 0 spiro atoms. The van der Waals surface area contributed by atoms with Gasteiger partial charge in [-0.15, -0.1) is 0 Å². The summed E-state index contributed by atoms with van der Waals surface area (Å²) < 4.78 is 0. The molecule has 0 radical (unpaired) electrons. The first-order valence-corrected chi connectivity index (χ1v) is 7.27. The summed E-state index contributed by atoms with van der Waals surface area (Å²) in [7, 11) is 0. The van der Waals surface area contributed by atoms with Gasteiger partial charge in [0.15, 0.2) is 0 Å². The quantitative estimate of drug-likeness (QED) is 0.697. The van der Waals surface area contributed by atoms with E-state index in [0.717, 1.165) is 35.4 Å². The van der Waals surface area contributed by atoms with E-state index in [1.165, 1.54) is 11.1 Å². The lowest BCUT2D eigenvalue weighted by Crippen LogP contribution is -1.90. The molecule has 0 saturated heterocycles. The number of rotatable bonds is 5. The number of aromatic nitrogens is 1. The van der Waals surface area contributed by atoms with Crippen LogP contribution in [0, 0.1) is 0 Å². The zero-order valence-electron chi connectivity index (χ0n) is 12.1. The Morgan fingerprint density at radius 2 is 1.91 bits per heavy atom. The Hall–Kier alpha value is -2.81. The molecule has 110 valence electrons. The van der Waals surface area contributed by atoms with Gasteiger partial charge in [0.25, 0.3) is 0 Å². The minimum Gasteiger partial charge on any atom is -0.478 e. The average Bonchev–Trinajstić information content (AvgIpc) is 2.94. The second-order valence-electron chi connectivity index (χ2n) is 5.28. The van der Waals surface area contributed by atoms with Crippen LogP contribution in [0.3, 0.4) is 0 Å². The van der Waals surface area contributed by atoms with Crippen molar-refractivity contribution in [3.05, 3.63) is 77.5 Å². The van der Waals surface area contributed by atoms with E-state index in [-0.39, 0.29) is 0 Å². The van der Waals surface area contributed by atoms with Gasteiger partial charge >= 0.3 is 5.97 Å². The zero-order valence-corrected chi connectivity index (χ0v) is 12.1. The largest absolute Gasteiger partial charge is 0.478 e. The highest BCUT2D eigenvalue weighted by Gasteiger charge is 2.04. The molecule has 0 amide bonds. The van der Waals surface area contributed by atoms with Crippen molar-refractivity contribution in [2.24, 2.45) is 0 Å². The third-order valence-electron chi connectivity index (χ3n) is 3.74. The summed E-state index contributed by atoms with van der Waals surface area (Å²) in [6, 6.07) is 16.3. The fourth-order valence-electron chi connectivity index (χ4n) is 2.60. The zero-order chi connectivity index (χ0) is 15.4. The highest BCUT2D eigenvalue weighted by molar-refractivity contribution is 5.89. The average molecular weight is 291 g/mol. The van der Waals surface area contributed by atoms with Crippen LogP contribution in [0.15, 0.2) is 60.8 Å². The molecule has 0 bridgehead atoms. The monoisotopic (exact) mass is 291 g/mol. The summed E-state index contributed by atoms with van der Waals surface area (Å²) in [5.41, 5.74) is 4.55. The Labute approximate surface area is 128 Å². The summed E-state index contributed by atoms with van der Waals surface area (Å²) >= 11 is 0. The normalized spacial score (nSPS) is 11.3. The van der Waals surface area contributed by atoms with Crippen LogP contribution in [0.2, 0.25) is 0 Å². The number of hydrogen-bond donors (Lipinski definition) is 2. The van der Waals surface area contributed by atoms with Crippen LogP contribution in [-0.2, 0) is 17.6 Å². The molecule has 2 N–H and O–H groups in total. The van der Waals surface area contributed by atoms with Crippen LogP contribution in [0.25, 0.3) is 17.0 Å². The molecule has 3 heteroatoms. The second-order valence-corrected chi connectivity index (χ2v) is 5.28. The van der Waals surface area contributed by atoms with Crippen LogP contribution < -0.4 is 0 Å². The predicted octanol–water partition coefficient (Wildman–Crippen LogP) is 4.05. The third kappa shape index (κ3) is 3.26. The highest BCUT2D eigenvalue weighted by atomic mass is 16.4. The molecule has 0 saturated carbocycles. The van der Waals surface area contributed by atoms with Crippen LogP contribution in [0.5, 0.6) is 0 Å². The fourth-order valence-corrected chi connectivity index (χ4v) is 2.60. The molecular formula is C19H17NO2. The Kier molecular flexibility index (Phi) is 4.05. The van der Waals surface area contributed by atoms with Gasteiger partial charge in [0.2, 0.25) is 0 Å². The van der Waals surface area contributed by atoms with E-state index in [9.17, 15) is 4.79 Å². The number of fused-ring (bicyclic) bond motifs is 1. The van der Waals surface area contributed by atoms with Crippen molar-refractivity contribution in [3.63, 3.8) is 0 Å². The van der Waals surface area contributed by atoms with Crippen molar-refractivity contribution in [2.75, 3.05) is 0 Å². The summed E-state index contributed by atoms with van der Waals surface area (Å²) in [6.45, 7) is 0. The molecule has 0 atom stereocenters. The number of carbonyl (C=O) groups is 1. The number of nitrogens with one attached hydrogen (secondary N) is 1. The van der Waals surface area contributed by atoms with Gasteiger partial charge in [0.05, 0.1) is 0 Å². The molecule has 2 aromatic carbocycles. The van der Waals surface area contributed by atoms with Crippen LogP contribution in [0.4, 0.5) is 0 Å². The van der Waals surface area contributed by atoms with E-state index < -0.39 is 5.97 Å². The van der Waals surface area contributed by atoms with E-state index in [4.69, 9.17) is 5.11 Å². The van der Waals surface area contributed by atoms with Crippen LogP contribution in [0.1, 0.15) is 16.7 Å². The molecule has 1 aromatic heterocycles. The Balaban J connectivity index is 1.83. The Morgan fingerprint density at radius 1 is 1.09 bits per heavy atom. The van der Waals surface area contributed by atoms with Gasteiger partial charge in [-0.2, -0.15) is 0 Å². The fraction of sp³-hybridized carbons (Fsp3) is 0.105. The number of carboxylic acid groups (broad SMARTS) is 1. The van der Waals surface area contributed by atoms with Gasteiger partial charge in [-0.3, -0.25) is 0 Å². The maximum Gasteiger partial charge on any atom is 0.328 e. The standard InChI is InChI=1S/C19H17NO2/c21-19(22)11-8-15-7-10-18-17(12-15)16(13-20-18)9-6-14-4-2-1-3-5-14/h1-5,7-8,10-13,20H,6,9H2,(H,21,22)/b11-8+. The third-order valence-corrected chi connectivity index (χ3v) is 3.74. The molecule has 0 unspecified atom stereocenters. The van der Waals surface area contributed by atoms with Gasteiger partial charge in [-0.05, 0) is 47.7 Å². The maximum absolute atomic E-state index is 10.6. The van der Waals surface area contributed by atoms with Crippen LogP contribution >= 0.6 is 0 Å². The highest BCUT2D eigenvalue weighted by Crippen LogP contribution is 2.22. The topological polar surface area (TPSA) is 53.1 Å². The van der Waals surface area contributed by atoms with Gasteiger partial charge in [0, 0.05) is 23.2 Å². The molecule has 22 heavy (non-hydrogen) atoms. The van der Waals surface area contributed by atoms with Crippen molar-refractivity contribution in [2.45, 2.75) is 12.8 Å². The molecule has 0 aliphatic carbocycles. The lowest BCUT2D eigenvalue weighted by Gasteiger charge is -2.01. The number of H-pyrrole nitrogens is 1. The lowest BCUT2D eigenvalue weighted by atomic mass is 10.0. The molecule has 0 fully saturated rings. The Bertz CT molecular complexity index is 816. The van der Waals surface area contributed by atoms with Crippen molar-refractivity contribution < 1.29 is 9.90 Å². The van der Waals surface area contributed by atoms with Gasteiger partial charge < -0.3 is 10.1 Å². The van der Waals surface area contributed by atoms with E-state index in [1.54, 1.807) is 6.08 Å². The van der Waals surface area contributed by atoms with E-state index in [1.807, 2.05) is 30.5 Å². The van der Waals surface area contributed by atoms with Gasteiger partial charge in [-0.25, -0.2) is 4.79 Å². The molecule has 3 rings (SSSR count). The van der Waals surface area contributed by atoms with Crippen molar-refractivity contribution in [1.82, 2.24) is 4.98 Å². The summed E-state index contributed by atoms with van der Waals surface area (Å²) in [6.07, 6.45) is 6.77. The minimum atomic E-state index is -0.932. The number of benzene rings is 2. The lowest BCUT2D eigenvalue weighted by molar-refractivity contribution is -0.131. The van der Waals surface area contributed by atoms with Crippen molar-refractivity contribution in [1.29, 1.82) is 0 Å². The first-order valence-electron chi connectivity index (χ1n) is 7.27. The van der Waals surface area contributed by atoms with E-state index >= 15 is 0 Å². The molecular weight excluding hydrogens is 274 g/mol. The SMILES string of the molecule is O=C(O)/C=C/c1ccc2[nH]cc(CCc3ccccc3)c2c1. The van der Waals surface area contributed by atoms with E-state index in [0.29, 0.717) is 0 Å². The Morgan fingerprint density at radius 3 is 2.68 bits per heavy atom. The molecule has 1 heterocycles. The molecule has 0 aliphatic rings. The summed E-state index contributed by atoms with van der Waals surface area (Å²) in [4.78, 5) is 13.9. The minimum absolute atomic E-state index is 0.899.